The number of nitrogens with zero attached hydrogens (tertiary/aromatic N) is 4. The molecule has 1 aliphatic rings. The smallest absolute Gasteiger partial charge is 0.274 e. The molecule has 1 aliphatic heterocycles. The summed E-state index contributed by atoms with van der Waals surface area (Å²) in [6.45, 7) is 5.03. The van der Waals surface area contributed by atoms with Crippen molar-refractivity contribution in [1.82, 2.24) is 19.3 Å². The van der Waals surface area contributed by atoms with E-state index in [0.29, 0.717) is 44.1 Å². The molecule has 0 radical (unpaired) electrons. The number of carbonyl (C=O) groups is 1. The molecule has 3 aromatic heterocycles. The van der Waals surface area contributed by atoms with Crippen molar-refractivity contribution in [2.24, 2.45) is 0 Å². The number of fused-ring (bicyclic) bond motifs is 1. The third-order valence-electron chi connectivity index (χ3n) is 6.20. The van der Waals surface area contributed by atoms with E-state index in [4.69, 9.17) is 9.72 Å². The molecule has 0 bridgehead atoms. The number of aryl methyl sites for hydroxylation is 1. The summed E-state index contributed by atoms with van der Waals surface area (Å²) in [4.78, 5) is 24.3. The van der Waals surface area contributed by atoms with Crippen molar-refractivity contribution in [1.29, 1.82) is 0 Å². The third kappa shape index (κ3) is 5.15. The molecule has 1 fully saturated rings. The zero-order chi connectivity index (χ0) is 25.3. The lowest BCUT2D eigenvalue weighted by atomic mass is 10.1. The van der Waals surface area contributed by atoms with Gasteiger partial charge in [0.25, 0.3) is 5.91 Å². The molecule has 9 nitrogen and oxygen atoms in total. The van der Waals surface area contributed by atoms with Crippen LogP contribution in [-0.2, 0) is 21.1 Å². The molecule has 186 valence electrons. The highest BCUT2D eigenvalue weighted by molar-refractivity contribution is 7.90. The second-order valence-electron chi connectivity index (χ2n) is 8.92. The third-order valence-corrected chi connectivity index (χ3v) is 7.28. The first kappa shape index (κ1) is 24.1. The molecule has 4 aromatic rings. The first-order valence-electron chi connectivity index (χ1n) is 11.6. The fraction of sp³-hybridized carbons (Fsp3) is 0.269. The van der Waals surface area contributed by atoms with Crippen molar-refractivity contribution >= 4 is 27.1 Å². The van der Waals surface area contributed by atoms with E-state index in [1.807, 2.05) is 60.1 Å². The molecule has 0 atom stereocenters. The minimum atomic E-state index is -3.46. The average molecular weight is 506 g/mol. The number of morpholine rings is 1. The Bertz CT molecular complexity index is 1520. The Kier molecular flexibility index (Phi) is 6.57. The zero-order valence-electron chi connectivity index (χ0n) is 20.1. The number of hydrogen-bond donors (Lipinski definition) is 1. The number of anilines is 1. The monoisotopic (exact) mass is 505 g/mol. The Balaban J connectivity index is 1.37. The summed E-state index contributed by atoms with van der Waals surface area (Å²) in [6.07, 6.45) is 6.31. The van der Waals surface area contributed by atoms with Crippen LogP contribution in [0.15, 0.2) is 66.0 Å². The lowest BCUT2D eigenvalue weighted by molar-refractivity contribution is 0.0340. The van der Waals surface area contributed by atoms with Gasteiger partial charge in [-0.3, -0.25) is 9.69 Å². The number of benzene rings is 1. The molecule has 0 aliphatic carbocycles. The second kappa shape index (κ2) is 9.81. The molecule has 4 heterocycles. The molecule has 0 spiro atoms. The predicted molar refractivity (Wildman–Crippen MR) is 137 cm³/mol. The number of ether oxygens (including phenoxy) is 1. The number of imidazole rings is 1. The standard InChI is InChI=1S/C26H27N5O4S/c1-18-4-3-9-31-17-23(29-25(18)31)19-5-7-21(8-6-19)28-26(32)24-20(16-30-10-12-35-13-11-30)14-22(15-27-24)36(2,33)34/h3-9,14-15,17H,10-13,16H2,1-2H3,(H,28,32). The SMILES string of the molecule is Cc1cccn2cc(-c3ccc(NC(=O)c4ncc(S(C)(=O)=O)cc4CN4CCOCC4)cc3)nc12. The summed E-state index contributed by atoms with van der Waals surface area (Å²) in [6, 6.07) is 13.0. The maximum atomic E-state index is 13.2. The Morgan fingerprint density at radius 3 is 2.58 bits per heavy atom. The van der Waals surface area contributed by atoms with Gasteiger partial charge < -0.3 is 14.5 Å². The number of pyridine rings is 2. The highest BCUT2D eigenvalue weighted by Crippen LogP contribution is 2.23. The number of aromatic nitrogens is 3. The largest absolute Gasteiger partial charge is 0.379 e. The summed E-state index contributed by atoms with van der Waals surface area (Å²) in [7, 11) is -3.46. The average Bonchev–Trinajstić information content (AvgIpc) is 3.30. The van der Waals surface area contributed by atoms with Gasteiger partial charge in [-0.1, -0.05) is 18.2 Å². The van der Waals surface area contributed by atoms with E-state index in [2.05, 4.69) is 15.2 Å². The van der Waals surface area contributed by atoms with Gasteiger partial charge in [0.1, 0.15) is 11.3 Å². The quantitative estimate of drug-likeness (QED) is 0.429. The van der Waals surface area contributed by atoms with E-state index in [1.54, 1.807) is 6.07 Å². The van der Waals surface area contributed by atoms with E-state index in [9.17, 15) is 13.2 Å². The molecule has 0 unspecified atom stereocenters. The number of sulfone groups is 1. The fourth-order valence-corrected chi connectivity index (χ4v) is 4.82. The van der Waals surface area contributed by atoms with Crippen LogP contribution in [0.3, 0.4) is 0 Å². The summed E-state index contributed by atoms with van der Waals surface area (Å²) < 4.78 is 31.6. The van der Waals surface area contributed by atoms with Gasteiger partial charge in [0.15, 0.2) is 9.84 Å². The first-order valence-corrected chi connectivity index (χ1v) is 13.5. The molecule has 1 aromatic carbocycles. The molecule has 0 saturated carbocycles. The van der Waals surface area contributed by atoms with Crippen LogP contribution < -0.4 is 5.32 Å². The van der Waals surface area contributed by atoms with Crippen LogP contribution in [0.25, 0.3) is 16.9 Å². The van der Waals surface area contributed by atoms with Gasteiger partial charge in [-0.15, -0.1) is 0 Å². The highest BCUT2D eigenvalue weighted by atomic mass is 32.2. The molecule has 10 heteroatoms. The summed E-state index contributed by atoms with van der Waals surface area (Å²) in [5, 5.41) is 2.89. The van der Waals surface area contributed by atoms with Crippen molar-refractivity contribution in [3.63, 3.8) is 0 Å². The molecule has 1 saturated heterocycles. The van der Waals surface area contributed by atoms with Gasteiger partial charge in [0.2, 0.25) is 0 Å². The summed E-state index contributed by atoms with van der Waals surface area (Å²) >= 11 is 0. The summed E-state index contributed by atoms with van der Waals surface area (Å²) in [5.74, 6) is -0.394. The van der Waals surface area contributed by atoms with E-state index in [-0.39, 0.29) is 10.6 Å². The van der Waals surface area contributed by atoms with Crippen LogP contribution in [0.4, 0.5) is 5.69 Å². The number of nitrogens with one attached hydrogen (secondary N) is 1. The van der Waals surface area contributed by atoms with Gasteiger partial charge >= 0.3 is 0 Å². The Hall–Kier alpha value is -3.60. The molecule has 1 N–H and O–H groups in total. The van der Waals surface area contributed by atoms with Crippen molar-refractivity contribution in [2.75, 3.05) is 37.9 Å². The van der Waals surface area contributed by atoms with Crippen LogP contribution in [0.2, 0.25) is 0 Å². The second-order valence-corrected chi connectivity index (χ2v) is 10.9. The van der Waals surface area contributed by atoms with E-state index in [0.717, 1.165) is 28.7 Å². The van der Waals surface area contributed by atoms with E-state index in [1.165, 1.54) is 6.20 Å². The molecular weight excluding hydrogens is 478 g/mol. The van der Waals surface area contributed by atoms with Crippen molar-refractivity contribution < 1.29 is 17.9 Å². The van der Waals surface area contributed by atoms with E-state index < -0.39 is 15.7 Å². The minimum Gasteiger partial charge on any atom is -0.379 e. The number of amides is 1. The number of hydrogen-bond acceptors (Lipinski definition) is 7. The first-order chi connectivity index (χ1) is 17.3. The van der Waals surface area contributed by atoms with Gasteiger partial charge in [-0.25, -0.2) is 18.4 Å². The van der Waals surface area contributed by atoms with Crippen molar-refractivity contribution in [3.05, 3.63) is 77.9 Å². The Morgan fingerprint density at radius 2 is 1.89 bits per heavy atom. The molecule has 1 amide bonds. The minimum absolute atomic E-state index is 0.0920. The van der Waals surface area contributed by atoms with Crippen molar-refractivity contribution in [2.45, 2.75) is 18.4 Å². The van der Waals surface area contributed by atoms with Crippen LogP contribution in [0.5, 0.6) is 0 Å². The van der Waals surface area contributed by atoms with Gasteiger partial charge in [-0.2, -0.15) is 0 Å². The topological polar surface area (TPSA) is 106 Å². The normalized spacial score (nSPS) is 14.7. The van der Waals surface area contributed by atoms with Crippen LogP contribution in [0, 0.1) is 6.92 Å². The Labute approximate surface area is 209 Å². The highest BCUT2D eigenvalue weighted by Gasteiger charge is 2.21. The molecule has 5 rings (SSSR count). The Morgan fingerprint density at radius 1 is 1.14 bits per heavy atom. The summed E-state index contributed by atoms with van der Waals surface area (Å²) in [5.41, 5.74) is 5.14. The predicted octanol–water partition coefficient (Wildman–Crippen LogP) is 3.19. The lowest BCUT2D eigenvalue weighted by Crippen LogP contribution is -2.36. The van der Waals surface area contributed by atoms with Crippen molar-refractivity contribution in [3.8, 4) is 11.3 Å². The van der Waals surface area contributed by atoms with Gasteiger partial charge in [0.05, 0.1) is 23.8 Å². The van der Waals surface area contributed by atoms with Gasteiger partial charge in [-0.05, 0) is 42.3 Å². The maximum absolute atomic E-state index is 13.2. The fourth-order valence-electron chi connectivity index (χ4n) is 4.22. The molecular formula is C26H27N5O4S. The van der Waals surface area contributed by atoms with E-state index >= 15 is 0 Å². The zero-order valence-corrected chi connectivity index (χ0v) is 21.0. The van der Waals surface area contributed by atoms with Crippen LogP contribution >= 0.6 is 0 Å². The van der Waals surface area contributed by atoms with Crippen LogP contribution in [0.1, 0.15) is 21.6 Å². The van der Waals surface area contributed by atoms with Crippen LogP contribution in [-0.4, -0.2) is 66.2 Å². The number of rotatable bonds is 6. The number of carbonyl (C=O) groups excluding carboxylic acids is 1. The lowest BCUT2D eigenvalue weighted by Gasteiger charge is -2.27. The maximum Gasteiger partial charge on any atom is 0.274 e. The van der Waals surface area contributed by atoms with Gasteiger partial charge in [0, 0.05) is 55.7 Å². The molecule has 36 heavy (non-hydrogen) atoms.